The third-order valence-corrected chi connectivity index (χ3v) is 3.42. The van der Waals surface area contributed by atoms with Crippen LogP contribution in [0.4, 0.5) is 5.69 Å². The molecule has 114 valence electrons. The number of H-pyrrole nitrogens is 1. The topological polar surface area (TPSA) is 59.2 Å². The van der Waals surface area contributed by atoms with Gasteiger partial charge >= 0.3 is 0 Å². The molecule has 21 heavy (non-hydrogen) atoms. The number of anilines is 1. The molecule has 0 aliphatic heterocycles. The van der Waals surface area contributed by atoms with Crippen molar-refractivity contribution in [2.24, 2.45) is 0 Å². The van der Waals surface area contributed by atoms with Gasteiger partial charge in [-0.1, -0.05) is 6.07 Å². The minimum absolute atomic E-state index is 0.540. The van der Waals surface area contributed by atoms with Gasteiger partial charge in [-0.25, -0.2) is 0 Å². The number of rotatable bonds is 7. The molecule has 0 spiro atoms. The van der Waals surface area contributed by atoms with E-state index in [1.54, 1.807) is 7.11 Å². The van der Waals surface area contributed by atoms with Crippen LogP contribution in [0.2, 0.25) is 0 Å². The number of hydrogen-bond acceptors (Lipinski definition) is 4. The number of nitrogens with zero attached hydrogens (tertiary/aromatic N) is 1. The number of methoxy groups -OCH3 is 1. The molecule has 0 saturated carbocycles. The summed E-state index contributed by atoms with van der Waals surface area (Å²) < 4.78 is 10.8. The first-order valence-corrected chi connectivity index (χ1v) is 7.08. The highest BCUT2D eigenvalue weighted by molar-refractivity contribution is 5.58. The molecule has 2 rings (SSSR count). The molecule has 0 saturated heterocycles. The Bertz CT molecular complexity index is 574. The molecule has 1 heterocycles. The van der Waals surface area contributed by atoms with Crippen molar-refractivity contribution in [1.29, 1.82) is 0 Å². The highest BCUT2D eigenvalue weighted by atomic mass is 16.5. The standard InChI is InChI=1S/C16H23N3O2/c1-11-5-6-15(16(9-11)21-8-7-20-4)17-10-14-12(2)18-19-13(14)3/h5-6,9,17H,7-8,10H2,1-4H3,(H,18,19). The van der Waals surface area contributed by atoms with Gasteiger partial charge in [0.1, 0.15) is 12.4 Å². The van der Waals surface area contributed by atoms with Crippen LogP contribution in [0.5, 0.6) is 5.75 Å². The maximum absolute atomic E-state index is 5.78. The number of aromatic nitrogens is 2. The van der Waals surface area contributed by atoms with Crippen LogP contribution in [0.3, 0.4) is 0 Å². The van der Waals surface area contributed by atoms with Gasteiger partial charge in [0.05, 0.1) is 18.0 Å². The molecule has 2 aromatic rings. The van der Waals surface area contributed by atoms with Crippen LogP contribution >= 0.6 is 0 Å². The van der Waals surface area contributed by atoms with Crippen LogP contribution in [0.15, 0.2) is 18.2 Å². The maximum atomic E-state index is 5.78. The first-order valence-electron chi connectivity index (χ1n) is 7.08. The van der Waals surface area contributed by atoms with Crippen molar-refractivity contribution < 1.29 is 9.47 Å². The summed E-state index contributed by atoms with van der Waals surface area (Å²) in [6.07, 6.45) is 0. The lowest BCUT2D eigenvalue weighted by Crippen LogP contribution is -2.08. The number of nitrogens with one attached hydrogen (secondary N) is 2. The Balaban J connectivity index is 2.08. The first kappa shape index (κ1) is 15.4. The minimum Gasteiger partial charge on any atom is -0.489 e. The normalized spacial score (nSPS) is 10.7. The van der Waals surface area contributed by atoms with Gasteiger partial charge in [0.25, 0.3) is 0 Å². The summed E-state index contributed by atoms with van der Waals surface area (Å²) in [7, 11) is 1.67. The monoisotopic (exact) mass is 289 g/mol. The summed E-state index contributed by atoms with van der Waals surface area (Å²) in [5.74, 6) is 0.853. The summed E-state index contributed by atoms with van der Waals surface area (Å²) in [5.41, 5.74) is 5.46. The van der Waals surface area contributed by atoms with Crippen LogP contribution in [0.25, 0.3) is 0 Å². The second-order valence-electron chi connectivity index (χ2n) is 5.11. The van der Waals surface area contributed by atoms with E-state index in [4.69, 9.17) is 9.47 Å². The van der Waals surface area contributed by atoms with Gasteiger partial charge in [0, 0.05) is 24.9 Å². The van der Waals surface area contributed by atoms with Crippen LogP contribution in [0.1, 0.15) is 22.5 Å². The van der Waals surface area contributed by atoms with E-state index >= 15 is 0 Å². The van der Waals surface area contributed by atoms with Gasteiger partial charge in [0.15, 0.2) is 0 Å². The Hall–Kier alpha value is -2.01. The quantitative estimate of drug-likeness (QED) is 0.769. The zero-order valence-corrected chi connectivity index (χ0v) is 13.1. The maximum Gasteiger partial charge on any atom is 0.142 e. The summed E-state index contributed by atoms with van der Waals surface area (Å²) in [5, 5.41) is 10.6. The third kappa shape index (κ3) is 3.98. The molecule has 5 nitrogen and oxygen atoms in total. The molecular formula is C16H23N3O2. The number of benzene rings is 1. The molecule has 1 aromatic carbocycles. The van der Waals surface area contributed by atoms with Gasteiger partial charge in [-0.2, -0.15) is 5.10 Å². The lowest BCUT2D eigenvalue weighted by Gasteiger charge is -2.14. The average Bonchev–Trinajstić information content (AvgIpc) is 2.78. The highest BCUT2D eigenvalue weighted by Gasteiger charge is 2.08. The third-order valence-electron chi connectivity index (χ3n) is 3.42. The van der Waals surface area contributed by atoms with E-state index in [0.717, 1.165) is 29.4 Å². The molecule has 0 amide bonds. The fourth-order valence-electron chi connectivity index (χ4n) is 2.15. The SMILES string of the molecule is COCCOc1cc(C)ccc1NCc1c(C)n[nH]c1C. The summed E-state index contributed by atoms with van der Waals surface area (Å²) in [4.78, 5) is 0. The molecule has 0 unspecified atom stereocenters. The molecule has 0 bridgehead atoms. The second kappa shape index (κ2) is 7.13. The van der Waals surface area contributed by atoms with Crippen molar-refractivity contribution in [1.82, 2.24) is 10.2 Å². The van der Waals surface area contributed by atoms with E-state index in [-0.39, 0.29) is 0 Å². The minimum atomic E-state index is 0.540. The molecule has 5 heteroatoms. The lowest BCUT2D eigenvalue weighted by molar-refractivity contribution is 0.146. The average molecular weight is 289 g/mol. The van der Waals surface area contributed by atoms with Crippen LogP contribution in [-0.2, 0) is 11.3 Å². The van der Waals surface area contributed by atoms with Crippen molar-refractivity contribution in [2.75, 3.05) is 25.6 Å². The zero-order chi connectivity index (χ0) is 15.2. The second-order valence-corrected chi connectivity index (χ2v) is 5.11. The van der Waals surface area contributed by atoms with E-state index in [9.17, 15) is 0 Å². The molecular weight excluding hydrogens is 266 g/mol. The van der Waals surface area contributed by atoms with E-state index in [1.165, 1.54) is 11.1 Å². The van der Waals surface area contributed by atoms with Gasteiger partial charge in [-0.05, 0) is 38.5 Å². The molecule has 2 N–H and O–H groups in total. The Morgan fingerprint density at radius 2 is 2.00 bits per heavy atom. The number of hydrogen-bond donors (Lipinski definition) is 2. The van der Waals surface area contributed by atoms with E-state index < -0.39 is 0 Å². The molecule has 0 aliphatic carbocycles. The first-order chi connectivity index (χ1) is 10.1. The summed E-state index contributed by atoms with van der Waals surface area (Å²) in [6.45, 7) is 7.93. The fourth-order valence-corrected chi connectivity index (χ4v) is 2.15. The van der Waals surface area contributed by atoms with Crippen molar-refractivity contribution >= 4 is 5.69 Å². The highest BCUT2D eigenvalue weighted by Crippen LogP contribution is 2.26. The van der Waals surface area contributed by atoms with Crippen LogP contribution < -0.4 is 10.1 Å². The largest absolute Gasteiger partial charge is 0.489 e. The summed E-state index contributed by atoms with van der Waals surface area (Å²) in [6, 6.07) is 6.15. The number of ether oxygens (including phenoxy) is 2. The number of aromatic amines is 1. The van der Waals surface area contributed by atoms with E-state index in [2.05, 4.69) is 28.5 Å². The fraction of sp³-hybridized carbons (Fsp3) is 0.438. The Kier molecular flexibility index (Phi) is 5.22. The Labute approximate surface area is 125 Å². The van der Waals surface area contributed by atoms with Gasteiger partial charge in [0.2, 0.25) is 0 Å². The zero-order valence-electron chi connectivity index (χ0n) is 13.1. The van der Waals surface area contributed by atoms with Crippen LogP contribution in [-0.4, -0.2) is 30.5 Å². The van der Waals surface area contributed by atoms with E-state index in [0.29, 0.717) is 13.2 Å². The van der Waals surface area contributed by atoms with Crippen molar-refractivity contribution in [3.8, 4) is 5.75 Å². The van der Waals surface area contributed by atoms with Crippen molar-refractivity contribution in [3.05, 3.63) is 40.7 Å². The van der Waals surface area contributed by atoms with Crippen molar-refractivity contribution in [2.45, 2.75) is 27.3 Å². The van der Waals surface area contributed by atoms with Gasteiger partial charge in [-0.15, -0.1) is 0 Å². The van der Waals surface area contributed by atoms with Crippen LogP contribution in [0, 0.1) is 20.8 Å². The van der Waals surface area contributed by atoms with E-state index in [1.807, 2.05) is 26.0 Å². The summed E-state index contributed by atoms with van der Waals surface area (Å²) >= 11 is 0. The smallest absolute Gasteiger partial charge is 0.142 e. The molecule has 0 atom stereocenters. The molecule has 0 fully saturated rings. The van der Waals surface area contributed by atoms with Gasteiger partial charge in [-0.3, -0.25) is 5.10 Å². The Morgan fingerprint density at radius 3 is 2.67 bits per heavy atom. The number of aryl methyl sites for hydroxylation is 3. The molecule has 1 aromatic heterocycles. The molecule has 0 radical (unpaired) electrons. The predicted molar refractivity (Wildman–Crippen MR) is 83.9 cm³/mol. The van der Waals surface area contributed by atoms with Crippen molar-refractivity contribution in [3.63, 3.8) is 0 Å². The predicted octanol–water partition coefficient (Wildman–Crippen LogP) is 2.97. The molecule has 0 aliphatic rings. The Morgan fingerprint density at radius 1 is 1.19 bits per heavy atom. The lowest BCUT2D eigenvalue weighted by atomic mass is 10.1. The van der Waals surface area contributed by atoms with Gasteiger partial charge < -0.3 is 14.8 Å².